The van der Waals surface area contributed by atoms with E-state index in [9.17, 15) is 4.79 Å². The van der Waals surface area contributed by atoms with Crippen molar-refractivity contribution in [3.05, 3.63) is 40.3 Å². The molecule has 0 aliphatic heterocycles. The molecular weight excluding hydrogens is 236 g/mol. The number of ether oxygens (including phenoxy) is 1. The highest BCUT2D eigenvalue weighted by Gasteiger charge is 2.12. The summed E-state index contributed by atoms with van der Waals surface area (Å²) in [5.41, 5.74) is 1.49. The van der Waals surface area contributed by atoms with Crippen LogP contribution in [0.15, 0.2) is 29.6 Å². The third-order valence-corrected chi connectivity index (χ3v) is 3.13. The van der Waals surface area contributed by atoms with Crippen LogP contribution in [0, 0.1) is 6.92 Å². The van der Waals surface area contributed by atoms with Crippen LogP contribution in [0.3, 0.4) is 0 Å². The largest absolute Gasteiger partial charge is 0.495 e. The summed E-state index contributed by atoms with van der Waals surface area (Å²) in [6.45, 7) is 1.86. The Morgan fingerprint density at radius 3 is 2.82 bits per heavy atom. The minimum atomic E-state index is -0.215. The van der Waals surface area contributed by atoms with Gasteiger partial charge in [-0.3, -0.25) is 4.79 Å². The van der Waals surface area contributed by atoms with E-state index in [2.05, 4.69) is 10.3 Å². The summed E-state index contributed by atoms with van der Waals surface area (Å²) in [5.74, 6) is 0.418. The Morgan fingerprint density at radius 1 is 1.41 bits per heavy atom. The molecule has 2 rings (SSSR count). The number of hydrogen-bond acceptors (Lipinski definition) is 4. The second kappa shape index (κ2) is 4.97. The third-order valence-electron chi connectivity index (χ3n) is 2.17. The summed E-state index contributed by atoms with van der Waals surface area (Å²) < 4.78 is 5.16. The molecule has 0 bridgehead atoms. The van der Waals surface area contributed by atoms with Gasteiger partial charge in [0.05, 0.1) is 12.8 Å². The minimum Gasteiger partial charge on any atom is -0.495 e. The number of amides is 1. The number of para-hydroxylation sites is 2. The first kappa shape index (κ1) is 11.6. The minimum absolute atomic E-state index is 0.215. The fourth-order valence-corrected chi connectivity index (χ4v) is 2.07. The average Bonchev–Trinajstić information content (AvgIpc) is 2.77. The molecule has 0 spiro atoms. The van der Waals surface area contributed by atoms with Gasteiger partial charge in [-0.15, -0.1) is 11.3 Å². The van der Waals surface area contributed by atoms with E-state index in [1.54, 1.807) is 19.2 Å². The molecule has 0 aliphatic rings. The smallest absolute Gasteiger partial charge is 0.284 e. The number of anilines is 1. The van der Waals surface area contributed by atoms with Crippen molar-refractivity contribution in [2.75, 3.05) is 12.4 Å². The lowest BCUT2D eigenvalue weighted by atomic mass is 10.3. The number of aromatic nitrogens is 1. The molecule has 1 aromatic heterocycles. The van der Waals surface area contributed by atoms with Crippen molar-refractivity contribution in [3.8, 4) is 5.75 Å². The highest BCUT2D eigenvalue weighted by Crippen LogP contribution is 2.24. The first-order valence-electron chi connectivity index (χ1n) is 5.07. The van der Waals surface area contributed by atoms with E-state index < -0.39 is 0 Å². The Labute approximate surface area is 103 Å². The topological polar surface area (TPSA) is 51.2 Å². The molecule has 1 heterocycles. The SMILES string of the molecule is COc1ccccc1NC(=O)c1nc(C)cs1. The number of nitrogens with zero attached hydrogens (tertiary/aromatic N) is 1. The molecule has 0 unspecified atom stereocenters. The molecule has 0 atom stereocenters. The van der Waals surface area contributed by atoms with E-state index in [1.165, 1.54) is 11.3 Å². The molecule has 5 heteroatoms. The predicted molar refractivity (Wildman–Crippen MR) is 67.8 cm³/mol. The van der Waals surface area contributed by atoms with Crippen LogP contribution < -0.4 is 10.1 Å². The van der Waals surface area contributed by atoms with Gasteiger partial charge in [-0.2, -0.15) is 0 Å². The average molecular weight is 248 g/mol. The van der Waals surface area contributed by atoms with Gasteiger partial charge in [0.15, 0.2) is 5.01 Å². The molecule has 1 amide bonds. The highest BCUT2D eigenvalue weighted by molar-refractivity contribution is 7.11. The fourth-order valence-electron chi connectivity index (χ4n) is 1.38. The number of hydrogen-bond donors (Lipinski definition) is 1. The van der Waals surface area contributed by atoms with E-state index in [1.807, 2.05) is 24.4 Å². The first-order valence-corrected chi connectivity index (χ1v) is 5.95. The van der Waals surface area contributed by atoms with Crippen LogP contribution in [0.25, 0.3) is 0 Å². The number of methoxy groups -OCH3 is 1. The van der Waals surface area contributed by atoms with E-state index in [0.717, 1.165) is 5.69 Å². The lowest BCUT2D eigenvalue weighted by Gasteiger charge is -2.08. The van der Waals surface area contributed by atoms with Crippen molar-refractivity contribution in [2.24, 2.45) is 0 Å². The maximum atomic E-state index is 11.9. The molecule has 1 aromatic carbocycles. The van der Waals surface area contributed by atoms with Crippen LogP contribution in [0.2, 0.25) is 0 Å². The molecule has 17 heavy (non-hydrogen) atoms. The molecule has 1 N–H and O–H groups in total. The molecule has 0 saturated heterocycles. The maximum Gasteiger partial charge on any atom is 0.284 e. The van der Waals surface area contributed by atoms with Gasteiger partial charge in [0.1, 0.15) is 5.75 Å². The molecule has 88 valence electrons. The second-order valence-electron chi connectivity index (χ2n) is 3.45. The van der Waals surface area contributed by atoms with Crippen molar-refractivity contribution in [3.63, 3.8) is 0 Å². The van der Waals surface area contributed by atoms with Crippen molar-refractivity contribution < 1.29 is 9.53 Å². The molecule has 0 saturated carbocycles. The normalized spacial score (nSPS) is 10.0. The Bertz CT molecular complexity index is 537. The lowest BCUT2D eigenvalue weighted by Crippen LogP contribution is -2.12. The Balaban J connectivity index is 2.18. The highest BCUT2D eigenvalue weighted by atomic mass is 32.1. The van der Waals surface area contributed by atoms with Crippen LogP contribution in [0.4, 0.5) is 5.69 Å². The number of carbonyl (C=O) groups excluding carboxylic acids is 1. The third kappa shape index (κ3) is 2.62. The van der Waals surface area contributed by atoms with Gasteiger partial charge in [-0.25, -0.2) is 4.98 Å². The predicted octanol–water partition coefficient (Wildman–Crippen LogP) is 2.71. The van der Waals surface area contributed by atoms with Gasteiger partial charge in [-0.1, -0.05) is 12.1 Å². The standard InChI is InChI=1S/C12H12N2O2S/c1-8-7-17-12(13-8)11(15)14-9-5-3-4-6-10(9)16-2/h3-7H,1-2H3,(H,14,15). The van der Waals surface area contributed by atoms with Crippen molar-refractivity contribution in [2.45, 2.75) is 6.92 Å². The van der Waals surface area contributed by atoms with Gasteiger partial charge < -0.3 is 10.1 Å². The number of thiazole rings is 1. The van der Waals surface area contributed by atoms with Gasteiger partial charge >= 0.3 is 0 Å². The number of rotatable bonds is 3. The van der Waals surface area contributed by atoms with Gasteiger partial charge in [0, 0.05) is 11.1 Å². The van der Waals surface area contributed by atoms with Crippen molar-refractivity contribution >= 4 is 22.9 Å². The molecule has 0 aliphatic carbocycles. The number of nitrogens with one attached hydrogen (secondary N) is 1. The zero-order valence-corrected chi connectivity index (χ0v) is 10.4. The summed E-state index contributed by atoms with van der Waals surface area (Å²) in [4.78, 5) is 16.0. The van der Waals surface area contributed by atoms with E-state index in [0.29, 0.717) is 16.4 Å². The number of carbonyl (C=O) groups is 1. The maximum absolute atomic E-state index is 11.9. The summed E-state index contributed by atoms with van der Waals surface area (Å²) in [6.07, 6.45) is 0. The number of aryl methyl sites for hydroxylation is 1. The lowest BCUT2D eigenvalue weighted by molar-refractivity contribution is 0.102. The van der Waals surface area contributed by atoms with E-state index in [4.69, 9.17) is 4.74 Å². The molecule has 2 aromatic rings. The summed E-state index contributed by atoms with van der Waals surface area (Å²) >= 11 is 1.33. The monoisotopic (exact) mass is 248 g/mol. The molecule has 4 nitrogen and oxygen atoms in total. The summed E-state index contributed by atoms with van der Waals surface area (Å²) in [6, 6.07) is 7.27. The Kier molecular flexibility index (Phi) is 3.39. The van der Waals surface area contributed by atoms with Crippen LogP contribution in [-0.2, 0) is 0 Å². The summed E-state index contributed by atoms with van der Waals surface area (Å²) in [7, 11) is 1.57. The van der Waals surface area contributed by atoms with Gasteiger partial charge in [-0.05, 0) is 19.1 Å². The van der Waals surface area contributed by atoms with Gasteiger partial charge in [0.25, 0.3) is 5.91 Å². The van der Waals surface area contributed by atoms with Crippen LogP contribution in [0.1, 0.15) is 15.5 Å². The number of benzene rings is 1. The Hall–Kier alpha value is -1.88. The molecule has 0 fully saturated rings. The fraction of sp³-hybridized carbons (Fsp3) is 0.167. The zero-order chi connectivity index (χ0) is 12.3. The van der Waals surface area contributed by atoms with Crippen LogP contribution in [-0.4, -0.2) is 18.0 Å². The van der Waals surface area contributed by atoms with E-state index >= 15 is 0 Å². The van der Waals surface area contributed by atoms with E-state index in [-0.39, 0.29) is 5.91 Å². The van der Waals surface area contributed by atoms with Crippen LogP contribution in [0.5, 0.6) is 5.75 Å². The molecule has 0 radical (unpaired) electrons. The quantitative estimate of drug-likeness (QED) is 0.908. The van der Waals surface area contributed by atoms with Gasteiger partial charge in [0.2, 0.25) is 0 Å². The summed E-state index contributed by atoms with van der Waals surface area (Å²) in [5, 5.41) is 5.07. The Morgan fingerprint density at radius 2 is 2.18 bits per heavy atom. The van der Waals surface area contributed by atoms with Crippen LogP contribution >= 0.6 is 11.3 Å². The van der Waals surface area contributed by atoms with Crippen molar-refractivity contribution in [1.82, 2.24) is 4.98 Å². The molecular formula is C12H12N2O2S. The van der Waals surface area contributed by atoms with Crippen molar-refractivity contribution in [1.29, 1.82) is 0 Å². The first-order chi connectivity index (χ1) is 8.20. The zero-order valence-electron chi connectivity index (χ0n) is 9.56. The second-order valence-corrected chi connectivity index (χ2v) is 4.31.